The number of aromatic nitrogens is 2. The minimum atomic E-state index is -4.31. The third-order valence-electron chi connectivity index (χ3n) is 11.1. The van der Waals surface area contributed by atoms with Crippen LogP contribution in [0.1, 0.15) is 80.0 Å². The Labute approximate surface area is 263 Å². The molecular weight excluding hydrogens is 599 g/mol. The lowest BCUT2D eigenvalue weighted by Crippen LogP contribution is -2.50. The summed E-state index contributed by atoms with van der Waals surface area (Å²) in [4.78, 5) is 9.20. The number of alkyl halides is 3. The zero-order chi connectivity index (χ0) is 31.9. The number of hydrogen-bond donors (Lipinski definition) is 1. The highest BCUT2D eigenvalue weighted by molar-refractivity contribution is 7.92. The Morgan fingerprint density at radius 2 is 1.64 bits per heavy atom. The monoisotopic (exact) mass is 639 g/mol. The van der Waals surface area contributed by atoms with E-state index in [2.05, 4.69) is 21.6 Å². The van der Waals surface area contributed by atoms with Crippen LogP contribution in [-0.4, -0.2) is 31.2 Å². The summed E-state index contributed by atoms with van der Waals surface area (Å²) < 4.78 is 80.0. The van der Waals surface area contributed by atoms with E-state index >= 15 is 0 Å². The van der Waals surface area contributed by atoms with E-state index in [1.54, 1.807) is 12.1 Å². The molecular formula is C35H40F3N3O3S. The highest BCUT2D eigenvalue weighted by Crippen LogP contribution is 2.67. The summed E-state index contributed by atoms with van der Waals surface area (Å²) in [5.74, 6) is 0.101. The Kier molecular flexibility index (Phi) is 7.08. The molecule has 7 rings (SSSR count). The maximum Gasteiger partial charge on any atom is 0.394 e. The topological polar surface area (TPSA) is 81.2 Å². The summed E-state index contributed by atoms with van der Waals surface area (Å²) in [6.07, 6.45) is 0.0268. The van der Waals surface area contributed by atoms with Crippen molar-refractivity contribution in [2.75, 3.05) is 11.3 Å². The van der Waals surface area contributed by atoms with E-state index in [9.17, 15) is 21.6 Å². The van der Waals surface area contributed by atoms with Crippen molar-refractivity contribution in [3.63, 3.8) is 0 Å². The fraction of sp³-hybridized carbons (Fsp3) is 0.543. The van der Waals surface area contributed by atoms with Gasteiger partial charge < -0.3 is 4.74 Å². The second-order valence-electron chi connectivity index (χ2n) is 14.5. The first-order chi connectivity index (χ1) is 21.2. The number of hydrogen-bond acceptors (Lipinski definition) is 5. The number of benzene rings is 2. The fourth-order valence-corrected chi connectivity index (χ4v) is 9.90. The molecule has 1 aliphatic heterocycles. The van der Waals surface area contributed by atoms with Crippen molar-refractivity contribution in [1.82, 2.24) is 9.97 Å². The van der Waals surface area contributed by atoms with Crippen molar-refractivity contribution in [1.29, 1.82) is 0 Å². The van der Waals surface area contributed by atoms with E-state index in [-0.39, 0.29) is 59.8 Å². The van der Waals surface area contributed by atoms with E-state index in [1.165, 1.54) is 6.07 Å². The first-order valence-corrected chi connectivity index (χ1v) is 17.5. The van der Waals surface area contributed by atoms with Gasteiger partial charge in [0.25, 0.3) is 10.0 Å². The molecule has 2 heterocycles. The first kappa shape index (κ1) is 30.5. The third-order valence-corrected chi connectivity index (χ3v) is 12.4. The zero-order valence-corrected chi connectivity index (χ0v) is 27.0. The van der Waals surface area contributed by atoms with Gasteiger partial charge in [0.15, 0.2) is 0 Å². The molecule has 0 radical (unpaired) electrons. The molecule has 10 heteroatoms. The number of fused-ring (bicyclic) bond motifs is 4. The van der Waals surface area contributed by atoms with Crippen LogP contribution in [0.3, 0.4) is 0 Å². The molecule has 2 atom stereocenters. The number of ether oxygens (including phenoxy) is 1. The standard InChI is InChI=1S/C35H40F3N3O3S/c1-20-14-33(15-20)16-25(17-33)29-24-9-6-10-27(13-24)45(42,43)41-32-39-30(28-21(2)7-5-8-22(28)3)23(4)31(40-32)44-19-26(29)18-34(11-12-34)35(36,37)38/h5-10,13,20,25-26,29H,11-12,14-19H2,1-4H3,(H,39,40,41)/t20?,25?,26-,29?,33?/m1/s1. The SMILES string of the molecule is Cc1cccc(C)c1-c1nc2nc(c1C)OC[C@@H](CC1(C(F)(F)F)CC1)C(C1CC3(CC(C)C3)C1)c1cccc(c1)S(=O)(=O)N2. The van der Waals surface area contributed by atoms with E-state index in [0.717, 1.165) is 47.9 Å². The quantitative estimate of drug-likeness (QED) is 0.310. The lowest BCUT2D eigenvalue weighted by molar-refractivity contribution is -0.194. The predicted octanol–water partition coefficient (Wildman–Crippen LogP) is 8.52. The van der Waals surface area contributed by atoms with Gasteiger partial charge in [0.05, 0.1) is 22.6 Å². The molecule has 3 saturated carbocycles. The van der Waals surface area contributed by atoms with E-state index in [0.29, 0.717) is 17.2 Å². The molecule has 4 bridgehead atoms. The van der Waals surface area contributed by atoms with Gasteiger partial charge in [-0.2, -0.15) is 18.2 Å². The number of nitrogens with zero attached hydrogens (tertiary/aromatic N) is 2. The summed E-state index contributed by atoms with van der Waals surface area (Å²) in [5, 5.41) is 0. The van der Waals surface area contributed by atoms with E-state index in [4.69, 9.17) is 4.74 Å². The molecule has 2 aromatic carbocycles. The predicted molar refractivity (Wildman–Crippen MR) is 167 cm³/mol. The largest absolute Gasteiger partial charge is 0.477 e. The van der Waals surface area contributed by atoms with Crippen molar-refractivity contribution >= 4 is 16.0 Å². The van der Waals surface area contributed by atoms with Crippen LogP contribution < -0.4 is 9.46 Å². The van der Waals surface area contributed by atoms with Crippen molar-refractivity contribution in [2.45, 2.75) is 89.6 Å². The smallest absolute Gasteiger partial charge is 0.394 e. The molecule has 45 heavy (non-hydrogen) atoms. The average molecular weight is 640 g/mol. The molecule has 1 aromatic heterocycles. The minimum absolute atomic E-state index is 0.0445. The molecule has 3 aliphatic carbocycles. The van der Waals surface area contributed by atoms with E-state index < -0.39 is 27.5 Å². The van der Waals surface area contributed by atoms with Crippen LogP contribution in [0.4, 0.5) is 19.1 Å². The van der Waals surface area contributed by atoms with Crippen LogP contribution in [0, 0.1) is 49.4 Å². The summed E-state index contributed by atoms with van der Waals surface area (Å²) in [7, 11) is -4.11. The maximum atomic E-state index is 14.5. The molecule has 3 fully saturated rings. The summed E-state index contributed by atoms with van der Waals surface area (Å²) in [6, 6.07) is 12.6. The number of anilines is 1. The molecule has 1 spiro atoms. The minimum Gasteiger partial charge on any atom is -0.477 e. The highest BCUT2D eigenvalue weighted by atomic mass is 32.2. The van der Waals surface area contributed by atoms with Gasteiger partial charge in [-0.25, -0.2) is 18.1 Å². The fourth-order valence-electron chi connectivity index (χ4n) is 8.90. The maximum absolute atomic E-state index is 14.5. The molecule has 240 valence electrons. The number of sulfonamides is 1. The Morgan fingerprint density at radius 1 is 0.978 bits per heavy atom. The van der Waals surface area contributed by atoms with Gasteiger partial charge in [0.1, 0.15) is 0 Å². The van der Waals surface area contributed by atoms with Crippen LogP contribution in [0.25, 0.3) is 11.3 Å². The lowest BCUT2D eigenvalue weighted by atomic mass is 9.45. The molecule has 0 saturated heterocycles. The number of nitrogens with one attached hydrogen (secondary N) is 1. The second kappa shape index (κ2) is 10.4. The molecule has 1 N–H and O–H groups in total. The van der Waals surface area contributed by atoms with Crippen LogP contribution >= 0.6 is 0 Å². The third kappa shape index (κ3) is 5.30. The number of halogens is 3. The van der Waals surface area contributed by atoms with Crippen molar-refractivity contribution in [2.24, 2.45) is 28.6 Å². The van der Waals surface area contributed by atoms with Crippen molar-refractivity contribution in [3.8, 4) is 17.1 Å². The van der Waals surface area contributed by atoms with Gasteiger partial charge in [0, 0.05) is 17.0 Å². The lowest BCUT2D eigenvalue weighted by Gasteiger charge is -2.60. The first-order valence-electron chi connectivity index (χ1n) is 16.0. The van der Waals surface area contributed by atoms with Crippen LogP contribution in [0.2, 0.25) is 0 Å². The van der Waals surface area contributed by atoms with Gasteiger partial charge in [0.2, 0.25) is 11.8 Å². The molecule has 0 amide bonds. The van der Waals surface area contributed by atoms with Crippen LogP contribution in [0.15, 0.2) is 47.4 Å². The number of rotatable bonds is 4. The van der Waals surface area contributed by atoms with Gasteiger partial charge in [-0.05, 0) is 118 Å². The Morgan fingerprint density at radius 3 is 2.27 bits per heavy atom. The second-order valence-corrected chi connectivity index (χ2v) is 16.2. The van der Waals surface area contributed by atoms with Crippen molar-refractivity contribution in [3.05, 3.63) is 64.7 Å². The van der Waals surface area contributed by atoms with Crippen LogP contribution in [0.5, 0.6) is 5.88 Å². The van der Waals surface area contributed by atoms with Gasteiger partial charge in [-0.15, -0.1) is 0 Å². The summed E-state index contributed by atoms with van der Waals surface area (Å²) >= 11 is 0. The highest BCUT2D eigenvalue weighted by Gasteiger charge is 2.64. The molecule has 1 unspecified atom stereocenters. The van der Waals surface area contributed by atoms with Crippen molar-refractivity contribution < 1.29 is 26.3 Å². The van der Waals surface area contributed by atoms with Gasteiger partial charge in [-0.3, -0.25) is 0 Å². The zero-order valence-electron chi connectivity index (χ0n) is 26.2. The molecule has 4 aliphatic rings. The Balaban J connectivity index is 1.36. The normalized spacial score (nSPS) is 29.7. The average Bonchev–Trinajstić information content (AvgIpc) is 3.72. The summed E-state index contributed by atoms with van der Waals surface area (Å²) in [6.45, 7) is 8.03. The Bertz CT molecular complexity index is 1740. The summed E-state index contributed by atoms with van der Waals surface area (Å²) in [5.41, 5.74) is 3.18. The molecule has 3 aromatic rings. The van der Waals surface area contributed by atoms with Crippen LogP contribution in [-0.2, 0) is 10.0 Å². The van der Waals surface area contributed by atoms with Gasteiger partial charge in [-0.1, -0.05) is 37.3 Å². The Hall–Kier alpha value is -3.14. The van der Waals surface area contributed by atoms with E-state index in [1.807, 2.05) is 45.0 Å². The molecule has 6 nitrogen and oxygen atoms in total. The van der Waals surface area contributed by atoms with Gasteiger partial charge >= 0.3 is 6.18 Å². The number of aryl methyl sites for hydroxylation is 2.